The predicted molar refractivity (Wildman–Crippen MR) is 86.3 cm³/mol. The van der Waals surface area contributed by atoms with Crippen molar-refractivity contribution in [2.75, 3.05) is 0 Å². The molecule has 0 fully saturated rings. The van der Waals surface area contributed by atoms with E-state index in [1.807, 2.05) is 5.37 Å². The maximum Gasteiger partial charge on any atom is 0.0314 e. The lowest BCUT2D eigenvalue weighted by Crippen LogP contribution is -2.03. The number of fused-ring (bicyclic) bond motifs is 1. The van der Waals surface area contributed by atoms with Crippen LogP contribution in [-0.4, -0.2) is 10.6 Å². The summed E-state index contributed by atoms with van der Waals surface area (Å²) >= 11 is 5.06. The topological polar surface area (TPSA) is 0 Å². The first-order valence-corrected chi connectivity index (χ1v) is 8.81. The molecule has 88 valence electrons. The molecular formula is C14H14S3. The van der Waals surface area contributed by atoms with Gasteiger partial charge in [-0.05, 0) is 28.1 Å². The van der Waals surface area contributed by atoms with Crippen LogP contribution in [0.3, 0.4) is 0 Å². The second-order valence-corrected chi connectivity index (χ2v) is 7.70. The smallest absolute Gasteiger partial charge is 0.0314 e. The van der Waals surface area contributed by atoms with E-state index in [2.05, 4.69) is 42.5 Å². The normalized spacial score (nSPS) is 24.0. The standard InChI is InChI=1S/C14H14S3/c15-9-13-8-14(17-16-13)12-6-5-10-3-1-2-4-11(10)7-12/h1-7,9,13-14,16-17H,8H2. The van der Waals surface area contributed by atoms with Crippen LogP contribution < -0.4 is 0 Å². The fraction of sp³-hybridized carbons (Fsp3) is 0.214. The lowest BCUT2D eigenvalue weighted by molar-refractivity contribution is 0.882. The van der Waals surface area contributed by atoms with E-state index in [0.29, 0.717) is 10.5 Å². The number of rotatable bonds is 2. The van der Waals surface area contributed by atoms with E-state index in [4.69, 9.17) is 12.2 Å². The molecule has 1 aliphatic heterocycles. The van der Waals surface area contributed by atoms with Crippen LogP contribution in [0.2, 0.25) is 0 Å². The van der Waals surface area contributed by atoms with Crippen LogP contribution in [0.25, 0.3) is 10.8 Å². The number of thiol groups is 2. The Balaban J connectivity index is 1.96. The van der Waals surface area contributed by atoms with Crippen molar-refractivity contribution in [1.82, 2.24) is 0 Å². The van der Waals surface area contributed by atoms with Crippen LogP contribution in [0, 0.1) is 0 Å². The molecule has 2 atom stereocenters. The highest BCUT2D eigenvalue weighted by Gasteiger charge is 2.18. The highest BCUT2D eigenvalue weighted by Crippen LogP contribution is 2.28. The van der Waals surface area contributed by atoms with Crippen LogP contribution in [0.5, 0.6) is 0 Å². The van der Waals surface area contributed by atoms with Crippen molar-refractivity contribution in [3.8, 4) is 0 Å². The lowest BCUT2D eigenvalue weighted by atomic mass is 10.0. The van der Waals surface area contributed by atoms with Crippen molar-refractivity contribution >= 4 is 49.0 Å². The maximum absolute atomic E-state index is 5.06. The monoisotopic (exact) mass is 278 g/mol. The minimum absolute atomic E-state index is 0.614. The summed E-state index contributed by atoms with van der Waals surface area (Å²) in [6, 6.07) is 15.4. The molecule has 0 aromatic heterocycles. The summed E-state index contributed by atoms with van der Waals surface area (Å²) in [4.78, 5) is 0. The molecule has 0 aliphatic carbocycles. The lowest BCUT2D eigenvalue weighted by Gasteiger charge is -2.10. The van der Waals surface area contributed by atoms with E-state index in [0.717, 1.165) is 0 Å². The van der Waals surface area contributed by atoms with E-state index in [-0.39, 0.29) is 0 Å². The van der Waals surface area contributed by atoms with Gasteiger partial charge < -0.3 is 0 Å². The quantitative estimate of drug-likeness (QED) is 0.628. The molecule has 0 saturated carbocycles. The minimum atomic E-state index is 0.614. The second kappa shape index (κ2) is 5.01. The first kappa shape index (κ1) is 11.6. The fourth-order valence-electron chi connectivity index (χ4n) is 2.19. The molecule has 2 aromatic carbocycles. The zero-order chi connectivity index (χ0) is 11.7. The zero-order valence-corrected chi connectivity index (χ0v) is 11.9. The minimum Gasteiger partial charge on any atom is -0.171 e. The summed E-state index contributed by atoms with van der Waals surface area (Å²) < 4.78 is 0. The molecule has 0 amide bonds. The van der Waals surface area contributed by atoms with Crippen molar-refractivity contribution in [1.29, 1.82) is 0 Å². The Morgan fingerprint density at radius 2 is 1.88 bits per heavy atom. The van der Waals surface area contributed by atoms with Gasteiger partial charge in [0, 0.05) is 10.5 Å². The molecule has 2 unspecified atom stereocenters. The molecule has 0 saturated heterocycles. The van der Waals surface area contributed by atoms with Gasteiger partial charge in [0.15, 0.2) is 0 Å². The van der Waals surface area contributed by atoms with Crippen molar-refractivity contribution in [3.05, 3.63) is 48.0 Å². The summed E-state index contributed by atoms with van der Waals surface area (Å²) in [7, 11) is 2.99. The second-order valence-electron chi connectivity index (χ2n) is 4.29. The molecule has 3 rings (SSSR count). The van der Waals surface area contributed by atoms with Gasteiger partial charge in [-0.2, -0.15) is 20.6 Å². The number of thiocarbonyl (C=S) groups is 1. The SMILES string of the molecule is S=CC1CC(c2ccc3ccccc3c2)[SH]=[SH]1. The van der Waals surface area contributed by atoms with Crippen LogP contribution in [0.4, 0.5) is 0 Å². The van der Waals surface area contributed by atoms with Gasteiger partial charge in [-0.1, -0.05) is 54.7 Å². The van der Waals surface area contributed by atoms with E-state index >= 15 is 0 Å². The van der Waals surface area contributed by atoms with Crippen molar-refractivity contribution in [2.45, 2.75) is 16.9 Å². The molecule has 3 heteroatoms. The Morgan fingerprint density at radius 3 is 2.65 bits per heavy atom. The average molecular weight is 278 g/mol. The maximum atomic E-state index is 5.06. The van der Waals surface area contributed by atoms with Gasteiger partial charge in [0.1, 0.15) is 0 Å². The fourth-order valence-corrected chi connectivity index (χ4v) is 6.39. The third-order valence-electron chi connectivity index (χ3n) is 3.13. The Bertz CT molecular complexity index is 589. The third-order valence-corrected chi connectivity index (χ3v) is 7.37. The van der Waals surface area contributed by atoms with E-state index in [1.165, 1.54) is 43.4 Å². The van der Waals surface area contributed by atoms with E-state index in [1.54, 1.807) is 0 Å². The zero-order valence-electron chi connectivity index (χ0n) is 9.28. The largest absolute Gasteiger partial charge is 0.171 e. The Kier molecular flexibility index (Phi) is 3.41. The molecule has 0 nitrogen and oxygen atoms in total. The number of hydrogen-bond acceptors (Lipinski definition) is 1. The Labute approximate surface area is 114 Å². The summed E-state index contributed by atoms with van der Waals surface area (Å²) in [6.07, 6.45) is 1.21. The Hall–Kier alpha value is -0.510. The summed E-state index contributed by atoms with van der Waals surface area (Å²) in [5, 5.41) is 5.90. The molecule has 0 radical (unpaired) electrons. The summed E-state index contributed by atoms with van der Waals surface area (Å²) in [6.45, 7) is 0. The highest BCUT2D eigenvalue weighted by atomic mass is 32.8. The summed E-state index contributed by atoms with van der Waals surface area (Å²) in [5.74, 6) is 0. The number of hydrogen-bond donors (Lipinski definition) is 2. The molecule has 0 spiro atoms. The molecule has 1 heterocycles. The predicted octanol–water partition coefficient (Wildman–Crippen LogP) is 3.20. The van der Waals surface area contributed by atoms with Crippen LogP contribution in [0.15, 0.2) is 42.5 Å². The van der Waals surface area contributed by atoms with Crippen molar-refractivity contribution in [2.24, 2.45) is 0 Å². The van der Waals surface area contributed by atoms with Gasteiger partial charge in [-0.15, -0.1) is 0 Å². The van der Waals surface area contributed by atoms with Gasteiger partial charge in [0.2, 0.25) is 0 Å². The molecule has 2 aromatic rings. The number of benzene rings is 2. The van der Waals surface area contributed by atoms with E-state index < -0.39 is 0 Å². The van der Waals surface area contributed by atoms with Crippen LogP contribution >= 0.6 is 12.2 Å². The average Bonchev–Trinajstić information content (AvgIpc) is 2.87. The summed E-state index contributed by atoms with van der Waals surface area (Å²) in [5.41, 5.74) is 1.47. The molecule has 1 aliphatic rings. The van der Waals surface area contributed by atoms with Crippen molar-refractivity contribution in [3.63, 3.8) is 0 Å². The first-order valence-electron chi connectivity index (χ1n) is 5.71. The van der Waals surface area contributed by atoms with Gasteiger partial charge in [-0.25, -0.2) is 0 Å². The van der Waals surface area contributed by atoms with Crippen LogP contribution in [-0.2, 0) is 20.6 Å². The third kappa shape index (κ3) is 2.37. The highest BCUT2D eigenvalue weighted by molar-refractivity contribution is 8.27. The molecule has 0 bridgehead atoms. The molecule has 17 heavy (non-hydrogen) atoms. The van der Waals surface area contributed by atoms with E-state index in [9.17, 15) is 0 Å². The Morgan fingerprint density at radius 1 is 1.06 bits per heavy atom. The van der Waals surface area contributed by atoms with Gasteiger partial charge >= 0.3 is 0 Å². The van der Waals surface area contributed by atoms with Crippen molar-refractivity contribution < 1.29 is 0 Å². The van der Waals surface area contributed by atoms with Crippen LogP contribution in [0.1, 0.15) is 17.2 Å². The van der Waals surface area contributed by atoms with Gasteiger partial charge in [0.05, 0.1) is 0 Å². The first-order chi connectivity index (χ1) is 8.36. The van der Waals surface area contributed by atoms with Gasteiger partial charge in [0.25, 0.3) is 0 Å². The molecule has 0 N–H and O–H groups in total. The molecular weight excluding hydrogens is 264 g/mol. The van der Waals surface area contributed by atoms with Gasteiger partial charge in [-0.3, -0.25) is 0 Å².